The van der Waals surface area contributed by atoms with Crippen LogP contribution in [0.4, 0.5) is 0 Å². The van der Waals surface area contributed by atoms with E-state index < -0.39 is 5.79 Å². The van der Waals surface area contributed by atoms with Gasteiger partial charge in [-0.1, -0.05) is 51.0 Å². The highest BCUT2D eigenvalue weighted by Crippen LogP contribution is 2.29. The largest absolute Gasteiger partial charge is 0.249 e. The normalized spacial score (nSPS) is 22.2. The Morgan fingerprint density at radius 3 is 1.79 bits per heavy atom. The van der Waals surface area contributed by atoms with Gasteiger partial charge in [0.2, 0.25) is 5.79 Å². The fraction of sp³-hybridized carbons (Fsp3) is 0.867. The van der Waals surface area contributed by atoms with Crippen molar-refractivity contribution in [2.24, 2.45) is 0 Å². The molecule has 0 aromatic carbocycles. The Morgan fingerprint density at radius 2 is 1.37 bits per heavy atom. The van der Waals surface area contributed by atoms with Gasteiger partial charge in [0.15, 0.2) is 0 Å². The van der Waals surface area contributed by atoms with E-state index in [2.05, 4.69) is 11.5 Å². The van der Waals surface area contributed by atoms with Gasteiger partial charge >= 0.3 is 0 Å². The molecule has 1 N–H and O–H groups in total. The van der Waals surface area contributed by atoms with Gasteiger partial charge in [0.05, 0.1) is 0 Å². The van der Waals surface area contributed by atoms with Crippen LogP contribution in [0.2, 0.25) is 0 Å². The molecule has 0 bridgehead atoms. The third-order valence-corrected chi connectivity index (χ3v) is 3.68. The van der Waals surface area contributed by atoms with E-state index >= 15 is 0 Å². The van der Waals surface area contributed by atoms with Gasteiger partial charge in [0.25, 0.3) is 0 Å². The Balaban J connectivity index is 2.47. The summed E-state index contributed by atoms with van der Waals surface area (Å²) < 4.78 is 0. The second-order valence-corrected chi connectivity index (χ2v) is 5.34. The van der Waals surface area contributed by atoms with Crippen LogP contribution in [0.15, 0.2) is 12.7 Å². The SMILES string of the molecule is C=CCOOC1(OO)CCCCCCCCCCC1. The molecular weight excluding hydrogens is 244 g/mol. The first kappa shape index (κ1) is 16.6. The Labute approximate surface area is 116 Å². The smallest absolute Gasteiger partial charge is 0.233 e. The van der Waals surface area contributed by atoms with Crippen molar-refractivity contribution in [3.63, 3.8) is 0 Å². The minimum Gasteiger partial charge on any atom is -0.249 e. The van der Waals surface area contributed by atoms with Crippen molar-refractivity contribution in [3.8, 4) is 0 Å². The molecule has 0 saturated heterocycles. The summed E-state index contributed by atoms with van der Waals surface area (Å²) in [5.74, 6) is -0.998. The topological polar surface area (TPSA) is 47.9 Å². The fourth-order valence-electron chi connectivity index (χ4n) is 2.53. The van der Waals surface area contributed by atoms with Gasteiger partial charge < -0.3 is 0 Å². The molecule has 0 aromatic heterocycles. The fourth-order valence-corrected chi connectivity index (χ4v) is 2.53. The van der Waals surface area contributed by atoms with Crippen LogP contribution in [0.25, 0.3) is 0 Å². The lowest BCUT2D eigenvalue weighted by Crippen LogP contribution is -2.35. The van der Waals surface area contributed by atoms with Crippen LogP contribution >= 0.6 is 0 Å². The summed E-state index contributed by atoms with van der Waals surface area (Å²) in [5.41, 5.74) is 0. The standard InChI is InChI=1S/C15H28O4/c1-2-14-17-19-15(18-16)12-10-8-6-4-3-5-7-9-11-13-15/h2,16H,1,3-14H2. The van der Waals surface area contributed by atoms with Crippen molar-refractivity contribution in [1.82, 2.24) is 0 Å². The van der Waals surface area contributed by atoms with E-state index in [0.29, 0.717) is 19.4 Å². The summed E-state index contributed by atoms with van der Waals surface area (Å²) in [7, 11) is 0. The zero-order chi connectivity index (χ0) is 13.8. The minimum absolute atomic E-state index is 0.297. The first-order valence-electron chi connectivity index (χ1n) is 7.57. The van der Waals surface area contributed by atoms with Gasteiger partial charge in [-0.25, -0.2) is 15.0 Å². The number of hydrogen-bond donors (Lipinski definition) is 1. The van der Waals surface area contributed by atoms with Crippen LogP contribution in [-0.4, -0.2) is 17.7 Å². The lowest BCUT2D eigenvalue weighted by atomic mass is 9.97. The summed E-state index contributed by atoms with van der Waals surface area (Å²) >= 11 is 0. The van der Waals surface area contributed by atoms with E-state index in [0.717, 1.165) is 25.7 Å². The van der Waals surface area contributed by atoms with Gasteiger partial charge in [-0.2, -0.15) is 4.89 Å². The van der Waals surface area contributed by atoms with Gasteiger partial charge in [-0.3, -0.25) is 0 Å². The lowest BCUT2D eigenvalue weighted by Gasteiger charge is -2.29. The van der Waals surface area contributed by atoms with Gasteiger partial charge in [-0.05, 0) is 12.8 Å². The molecule has 4 nitrogen and oxygen atoms in total. The molecule has 4 heteroatoms. The first-order valence-corrected chi connectivity index (χ1v) is 7.57. The molecule has 0 aliphatic heterocycles. The zero-order valence-electron chi connectivity index (χ0n) is 11.9. The summed E-state index contributed by atoms with van der Waals surface area (Å²) in [5, 5.41) is 9.21. The molecule has 112 valence electrons. The van der Waals surface area contributed by atoms with Crippen molar-refractivity contribution in [3.05, 3.63) is 12.7 Å². The Bertz CT molecular complexity index is 218. The number of rotatable bonds is 5. The van der Waals surface area contributed by atoms with E-state index in [-0.39, 0.29) is 0 Å². The molecule has 1 aliphatic carbocycles. The van der Waals surface area contributed by atoms with Crippen molar-refractivity contribution < 1.29 is 19.9 Å². The highest BCUT2D eigenvalue weighted by atomic mass is 17.3. The third-order valence-electron chi connectivity index (χ3n) is 3.68. The second-order valence-electron chi connectivity index (χ2n) is 5.34. The van der Waals surface area contributed by atoms with Crippen LogP contribution in [0.1, 0.15) is 70.6 Å². The predicted molar refractivity (Wildman–Crippen MR) is 74.5 cm³/mol. The molecule has 1 saturated carbocycles. The molecule has 0 spiro atoms. The van der Waals surface area contributed by atoms with E-state index in [1.54, 1.807) is 6.08 Å². The average molecular weight is 272 g/mol. The van der Waals surface area contributed by atoms with E-state index in [1.165, 1.54) is 32.1 Å². The molecule has 19 heavy (non-hydrogen) atoms. The maximum Gasteiger partial charge on any atom is 0.233 e. The van der Waals surface area contributed by atoms with Crippen molar-refractivity contribution >= 4 is 0 Å². The Kier molecular flexibility index (Phi) is 9.08. The molecule has 1 fully saturated rings. The van der Waals surface area contributed by atoms with Gasteiger partial charge in [0.1, 0.15) is 6.61 Å². The Hall–Kier alpha value is -0.420. The molecule has 0 heterocycles. The van der Waals surface area contributed by atoms with Crippen molar-refractivity contribution in [2.45, 2.75) is 76.4 Å². The average Bonchev–Trinajstić information content (AvgIpc) is 2.42. The molecular formula is C15H28O4. The van der Waals surface area contributed by atoms with Crippen LogP contribution in [0, 0.1) is 0 Å². The van der Waals surface area contributed by atoms with Crippen LogP contribution < -0.4 is 0 Å². The zero-order valence-corrected chi connectivity index (χ0v) is 11.9. The third kappa shape index (κ3) is 7.06. The van der Waals surface area contributed by atoms with E-state index in [4.69, 9.17) is 9.78 Å². The monoisotopic (exact) mass is 272 g/mol. The van der Waals surface area contributed by atoms with Gasteiger partial charge in [0, 0.05) is 12.8 Å². The maximum absolute atomic E-state index is 9.21. The van der Waals surface area contributed by atoms with E-state index in [9.17, 15) is 5.26 Å². The number of hydrogen-bond acceptors (Lipinski definition) is 4. The summed E-state index contributed by atoms with van der Waals surface area (Å²) in [6, 6.07) is 0. The summed E-state index contributed by atoms with van der Waals surface area (Å²) in [6.07, 6.45) is 13.7. The van der Waals surface area contributed by atoms with Crippen LogP contribution in [0.5, 0.6) is 0 Å². The molecule has 1 rings (SSSR count). The molecule has 0 atom stereocenters. The lowest BCUT2D eigenvalue weighted by molar-refractivity contribution is -0.501. The second kappa shape index (κ2) is 10.4. The highest BCUT2D eigenvalue weighted by molar-refractivity contribution is 4.69. The first-order chi connectivity index (χ1) is 9.33. The molecule has 0 amide bonds. The maximum atomic E-state index is 9.21. The summed E-state index contributed by atoms with van der Waals surface area (Å²) in [4.78, 5) is 15.0. The summed E-state index contributed by atoms with van der Waals surface area (Å²) in [6.45, 7) is 3.86. The van der Waals surface area contributed by atoms with Crippen LogP contribution in [-0.2, 0) is 14.7 Å². The van der Waals surface area contributed by atoms with E-state index in [1.807, 2.05) is 0 Å². The molecule has 0 aromatic rings. The Morgan fingerprint density at radius 1 is 0.895 bits per heavy atom. The van der Waals surface area contributed by atoms with Crippen molar-refractivity contribution in [2.75, 3.05) is 6.61 Å². The van der Waals surface area contributed by atoms with Crippen molar-refractivity contribution in [1.29, 1.82) is 0 Å². The molecule has 1 aliphatic rings. The minimum atomic E-state index is -0.998. The van der Waals surface area contributed by atoms with Gasteiger partial charge in [-0.15, -0.1) is 6.58 Å². The molecule has 0 radical (unpaired) electrons. The van der Waals surface area contributed by atoms with Crippen LogP contribution in [0.3, 0.4) is 0 Å². The molecule has 0 unspecified atom stereocenters. The quantitative estimate of drug-likeness (QED) is 0.261. The highest BCUT2D eigenvalue weighted by Gasteiger charge is 2.33. The predicted octanol–water partition coefficient (Wildman–Crippen LogP) is 4.61.